The minimum Gasteiger partial charge on any atom is -0.211 e. The second-order valence-corrected chi connectivity index (χ2v) is 12.6. The fourth-order valence-corrected chi connectivity index (χ4v) is 7.62. The quantitative estimate of drug-likeness (QED) is 0.150. The third-order valence-electron chi connectivity index (χ3n) is 10.2. The van der Waals surface area contributed by atoms with Gasteiger partial charge in [-0.2, -0.15) is 0 Å². The summed E-state index contributed by atoms with van der Waals surface area (Å²) in [6.07, 6.45) is 4.34. The average Bonchev–Trinajstić information content (AvgIpc) is 3.15. The van der Waals surface area contributed by atoms with Crippen LogP contribution in [0.25, 0.3) is 22.8 Å². The highest BCUT2D eigenvalue weighted by atomic mass is 15.1. The topological polar surface area (TPSA) is 38.7 Å². The van der Waals surface area contributed by atoms with Gasteiger partial charge in [0.25, 0.3) is 0 Å². The van der Waals surface area contributed by atoms with E-state index in [1.165, 1.54) is 0 Å². The Labute approximate surface area is 305 Å². The van der Waals surface area contributed by atoms with E-state index in [4.69, 9.17) is 93.4 Å². The van der Waals surface area contributed by atoms with Crippen molar-refractivity contribution < 1.29 is 0 Å². The molecule has 1 heterocycles. The fourth-order valence-electron chi connectivity index (χ4n) is 7.62. The van der Waals surface area contributed by atoms with Gasteiger partial charge in [0, 0.05) is 11.1 Å². The van der Waals surface area contributed by atoms with Gasteiger partial charge in [-0.15, -0.1) is 32.8 Å². The van der Waals surface area contributed by atoms with Gasteiger partial charge in [-0.05, 0) is 27.8 Å². The van der Waals surface area contributed by atoms with Crippen molar-refractivity contribution in [1.82, 2.24) is 15.0 Å². The lowest BCUT2D eigenvalue weighted by molar-refractivity contribution is 0.575. The summed E-state index contributed by atoms with van der Waals surface area (Å²) >= 11 is 0. The third-order valence-corrected chi connectivity index (χ3v) is 10.2. The summed E-state index contributed by atoms with van der Waals surface area (Å²) in [4.78, 5) is 15.0. The normalized spacial score (nSPS) is 18.5. The van der Waals surface area contributed by atoms with Crippen molar-refractivity contribution in [3.63, 3.8) is 0 Å². The molecular weight excluding hydrogens is 595 g/mol. The van der Waals surface area contributed by atoms with Gasteiger partial charge < -0.3 is 0 Å². The highest BCUT2D eigenvalue weighted by Gasteiger charge is 2.55. The van der Waals surface area contributed by atoms with Crippen molar-refractivity contribution in [2.75, 3.05) is 0 Å². The lowest BCUT2D eigenvalue weighted by Gasteiger charge is -2.51. The molecule has 0 saturated heterocycles. The van der Waals surface area contributed by atoms with Gasteiger partial charge in [-0.25, -0.2) is 15.0 Å². The lowest BCUT2D eigenvalue weighted by atomic mass is 9.51. The van der Waals surface area contributed by atoms with Crippen LogP contribution in [0, 0.1) is 0 Å². The number of allylic oxidation sites excluding steroid dienone is 2. The van der Waals surface area contributed by atoms with E-state index in [1.54, 1.807) is 0 Å². The summed E-state index contributed by atoms with van der Waals surface area (Å²) in [6.45, 7) is 0. The lowest BCUT2D eigenvalue weighted by Crippen LogP contribution is -2.56. The smallest absolute Gasteiger partial charge is 0.162 e. The SMILES string of the molecule is [B]c1c([B])c([B])c(-c2nc(-c3c([B])c([B])c([B])c([B])c3[B])nc(C34C=CC(c5ccccc5)(c5ccccc53)c3ccccc34)n2)c([B])c1[B]. The molecule has 0 aliphatic heterocycles. The number of aromatic nitrogens is 3. The Morgan fingerprint density at radius 1 is 0.340 bits per heavy atom. The zero-order valence-corrected chi connectivity index (χ0v) is 26.8. The van der Waals surface area contributed by atoms with Crippen LogP contribution in [0.5, 0.6) is 0 Å². The van der Waals surface area contributed by atoms with Crippen molar-refractivity contribution >= 4 is 133 Å². The molecule has 208 valence electrons. The first kappa shape index (κ1) is 32.7. The van der Waals surface area contributed by atoms with Gasteiger partial charge in [-0.1, -0.05) is 113 Å². The van der Waals surface area contributed by atoms with Gasteiger partial charge in [0.2, 0.25) is 0 Å². The van der Waals surface area contributed by atoms with Crippen molar-refractivity contribution in [2.24, 2.45) is 0 Å². The van der Waals surface area contributed by atoms with E-state index in [0.29, 0.717) is 5.82 Å². The summed E-state index contributed by atoms with van der Waals surface area (Å²) in [5.41, 5.74) is 4.27. The molecule has 2 bridgehead atoms. The van der Waals surface area contributed by atoms with E-state index in [2.05, 4.69) is 48.6 Å². The fraction of sp³-hybridized carbons (Fsp3) is 0.0541. The van der Waals surface area contributed by atoms with E-state index in [-0.39, 0.29) is 77.4 Å². The Morgan fingerprint density at radius 2 is 0.660 bits per heavy atom. The number of rotatable bonds is 4. The number of nitrogens with zero attached hydrogens (tertiary/aromatic N) is 3. The van der Waals surface area contributed by atoms with Gasteiger partial charge in [-0.3, -0.25) is 0 Å². The summed E-state index contributed by atoms with van der Waals surface area (Å²) in [5, 5.41) is 0. The molecule has 9 rings (SSSR count). The van der Waals surface area contributed by atoms with Crippen LogP contribution in [0.4, 0.5) is 0 Å². The maximum absolute atomic E-state index is 6.58. The minimum atomic E-state index is -1.04. The molecule has 20 radical (unpaired) electrons. The second-order valence-electron chi connectivity index (χ2n) is 12.6. The molecule has 0 amide bonds. The summed E-state index contributed by atoms with van der Waals surface area (Å²) in [7, 11) is 63.9. The van der Waals surface area contributed by atoms with Crippen LogP contribution in [0.15, 0.2) is 91.0 Å². The Kier molecular flexibility index (Phi) is 7.53. The molecule has 50 heavy (non-hydrogen) atoms. The molecule has 6 aromatic rings. The molecule has 5 aromatic carbocycles. The molecule has 0 atom stereocenters. The predicted molar refractivity (Wildman–Crippen MR) is 213 cm³/mol. The minimum absolute atomic E-state index is 0.0342. The monoisotopic (exact) mass is 611 g/mol. The molecule has 0 spiro atoms. The van der Waals surface area contributed by atoms with Crippen LogP contribution in [0.2, 0.25) is 0 Å². The first-order valence-corrected chi connectivity index (χ1v) is 15.7. The van der Waals surface area contributed by atoms with Crippen LogP contribution in [0.1, 0.15) is 33.6 Å². The van der Waals surface area contributed by atoms with Gasteiger partial charge >= 0.3 is 0 Å². The summed E-state index contributed by atoms with van der Waals surface area (Å²) < 4.78 is 0. The maximum atomic E-state index is 6.58. The van der Waals surface area contributed by atoms with Crippen molar-refractivity contribution in [3.05, 3.63) is 125 Å². The highest BCUT2D eigenvalue weighted by molar-refractivity contribution is 6.69. The molecular formula is C37H15B10N3. The number of hydrogen-bond donors (Lipinski definition) is 0. The van der Waals surface area contributed by atoms with Crippen molar-refractivity contribution in [3.8, 4) is 22.8 Å². The van der Waals surface area contributed by atoms with Crippen molar-refractivity contribution in [1.29, 1.82) is 0 Å². The van der Waals surface area contributed by atoms with Gasteiger partial charge in [0.1, 0.15) is 78.5 Å². The van der Waals surface area contributed by atoms with E-state index in [9.17, 15) is 0 Å². The number of benzene rings is 5. The number of hydrogen-bond acceptors (Lipinski definition) is 3. The van der Waals surface area contributed by atoms with E-state index < -0.39 is 10.8 Å². The molecule has 0 unspecified atom stereocenters. The van der Waals surface area contributed by atoms with E-state index in [1.807, 2.05) is 42.5 Å². The van der Waals surface area contributed by atoms with Crippen LogP contribution in [-0.2, 0) is 10.8 Å². The third kappa shape index (κ3) is 4.22. The van der Waals surface area contributed by atoms with Crippen molar-refractivity contribution in [2.45, 2.75) is 10.8 Å². The standard InChI is InChI=1S/C37H15B10N3/c38-23-21(24(39)28(43)31(46)27(23)42)33-48-34(22-25(40)29(44)32(47)30(45)26(22)41)50-35(49-33)37-15-14-36(16-8-2-1-3-9-16,17-10-4-6-12-19(17)37)18-11-5-7-13-20(18)37/h1-15H. The van der Waals surface area contributed by atoms with Gasteiger partial charge in [0.15, 0.2) is 17.5 Å². The average molecular weight is 610 g/mol. The Morgan fingerprint density at radius 3 is 1.06 bits per heavy atom. The Hall–Kier alpha value is -4.50. The Balaban J connectivity index is 1.53. The predicted octanol–water partition coefficient (Wildman–Crippen LogP) is -4.30. The largest absolute Gasteiger partial charge is 0.211 e. The second kappa shape index (κ2) is 11.5. The van der Waals surface area contributed by atoms with E-state index >= 15 is 0 Å². The first-order valence-electron chi connectivity index (χ1n) is 15.7. The highest BCUT2D eigenvalue weighted by Crippen LogP contribution is 2.59. The molecule has 1 aromatic heterocycles. The van der Waals surface area contributed by atoms with Gasteiger partial charge in [0.05, 0.1) is 10.8 Å². The zero-order chi connectivity index (χ0) is 35.3. The molecule has 13 heteroatoms. The van der Waals surface area contributed by atoms with Crippen LogP contribution in [0.3, 0.4) is 0 Å². The summed E-state index contributed by atoms with van der Waals surface area (Å²) in [6, 6.07) is 26.8. The first-order chi connectivity index (χ1) is 23.9. The molecule has 0 N–H and O–H groups in total. The van der Waals surface area contributed by atoms with E-state index in [0.717, 1.165) is 27.8 Å². The maximum Gasteiger partial charge on any atom is 0.162 e. The zero-order valence-electron chi connectivity index (χ0n) is 26.8. The molecule has 0 fully saturated rings. The molecule has 0 saturated carbocycles. The van der Waals surface area contributed by atoms with Crippen LogP contribution < -0.4 is 54.6 Å². The molecule has 3 aliphatic rings. The molecule has 3 nitrogen and oxygen atoms in total. The van der Waals surface area contributed by atoms with Crippen LogP contribution in [-0.4, -0.2) is 93.4 Å². The summed E-state index contributed by atoms with van der Waals surface area (Å²) in [5.74, 6) is 0.416. The Bertz CT molecular complexity index is 2270. The molecule has 3 aliphatic carbocycles. The van der Waals surface area contributed by atoms with Crippen LogP contribution >= 0.6 is 0 Å².